The molecule has 4 rings (SSSR count). The molecule has 2 aromatic carbocycles. The van der Waals surface area contributed by atoms with E-state index in [0.29, 0.717) is 13.1 Å². The number of piperazine rings is 1. The minimum absolute atomic E-state index is 0.0144. The molecule has 0 aromatic heterocycles. The Labute approximate surface area is 191 Å². The SMILES string of the molecule is O=C(NCC(=O)N1CCN(C(c2ccccc2)c2ccccc2)CC1)NC1CCCCC1. The summed E-state index contributed by atoms with van der Waals surface area (Å²) in [6, 6.07) is 21.3. The Bertz CT molecular complexity index is 820. The number of nitrogens with one attached hydrogen (secondary N) is 2. The molecule has 1 saturated carbocycles. The van der Waals surface area contributed by atoms with Crippen LogP contribution in [0.5, 0.6) is 0 Å². The van der Waals surface area contributed by atoms with Gasteiger partial charge in [0.05, 0.1) is 12.6 Å². The molecular formula is C26H34N4O2. The molecule has 2 fully saturated rings. The summed E-state index contributed by atoms with van der Waals surface area (Å²) in [6.45, 7) is 2.99. The summed E-state index contributed by atoms with van der Waals surface area (Å²) in [5.41, 5.74) is 2.53. The molecule has 2 N–H and O–H groups in total. The second kappa shape index (κ2) is 11.1. The van der Waals surface area contributed by atoms with Crippen LogP contribution in [0.1, 0.15) is 49.3 Å². The van der Waals surface area contributed by atoms with Crippen LogP contribution in [-0.2, 0) is 4.79 Å². The maximum Gasteiger partial charge on any atom is 0.315 e. The fourth-order valence-corrected chi connectivity index (χ4v) is 4.87. The molecule has 1 heterocycles. The Hall–Kier alpha value is -2.86. The van der Waals surface area contributed by atoms with Crippen molar-refractivity contribution in [3.63, 3.8) is 0 Å². The average Bonchev–Trinajstić information content (AvgIpc) is 2.85. The molecular weight excluding hydrogens is 400 g/mol. The normalized spacial score (nSPS) is 17.8. The number of hydrogen-bond acceptors (Lipinski definition) is 3. The molecule has 32 heavy (non-hydrogen) atoms. The van der Waals surface area contributed by atoms with Crippen molar-refractivity contribution >= 4 is 11.9 Å². The molecule has 0 unspecified atom stereocenters. The van der Waals surface area contributed by atoms with E-state index in [2.05, 4.69) is 64.1 Å². The molecule has 0 bridgehead atoms. The molecule has 0 radical (unpaired) electrons. The lowest BCUT2D eigenvalue weighted by atomic mass is 9.96. The third-order valence-corrected chi connectivity index (χ3v) is 6.60. The van der Waals surface area contributed by atoms with Gasteiger partial charge in [-0.1, -0.05) is 79.9 Å². The van der Waals surface area contributed by atoms with Crippen LogP contribution in [0.2, 0.25) is 0 Å². The van der Waals surface area contributed by atoms with E-state index < -0.39 is 0 Å². The number of urea groups is 1. The smallest absolute Gasteiger partial charge is 0.315 e. The van der Waals surface area contributed by atoms with Gasteiger partial charge in [0.25, 0.3) is 0 Å². The standard InChI is InChI=1S/C26H34N4O2/c31-24(20-27-26(32)28-23-14-8-3-9-15-23)29-16-18-30(19-17-29)25(21-10-4-1-5-11-21)22-12-6-2-7-13-22/h1-2,4-7,10-13,23,25H,3,8-9,14-20H2,(H2,27,28,32). The van der Waals surface area contributed by atoms with E-state index in [-0.39, 0.29) is 30.6 Å². The van der Waals surface area contributed by atoms with E-state index in [1.54, 1.807) is 0 Å². The van der Waals surface area contributed by atoms with E-state index in [9.17, 15) is 9.59 Å². The van der Waals surface area contributed by atoms with Crippen LogP contribution in [0.3, 0.4) is 0 Å². The van der Waals surface area contributed by atoms with Gasteiger partial charge in [-0.2, -0.15) is 0 Å². The zero-order chi connectivity index (χ0) is 22.2. The fraction of sp³-hybridized carbons (Fsp3) is 0.462. The Morgan fingerprint density at radius 2 is 1.38 bits per heavy atom. The number of amides is 3. The monoisotopic (exact) mass is 434 g/mol. The molecule has 0 spiro atoms. The Balaban J connectivity index is 1.29. The highest BCUT2D eigenvalue weighted by Crippen LogP contribution is 2.29. The van der Waals surface area contributed by atoms with Crippen LogP contribution in [0.4, 0.5) is 4.79 Å². The molecule has 6 nitrogen and oxygen atoms in total. The quantitative estimate of drug-likeness (QED) is 0.731. The highest BCUT2D eigenvalue weighted by atomic mass is 16.2. The second-order valence-electron chi connectivity index (χ2n) is 8.80. The van der Waals surface area contributed by atoms with E-state index in [1.165, 1.54) is 30.4 Å². The third kappa shape index (κ3) is 5.88. The van der Waals surface area contributed by atoms with Gasteiger partial charge >= 0.3 is 6.03 Å². The van der Waals surface area contributed by atoms with Crippen molar-refractivity contribution in [3.8, 4) is 0 Å². The zero-order valence-corrected chi connectivity index (χ0v) is 18.7. The molecule has 170 valence electrons. The maximum atomic E-state index is 12.7. The third-order valence-electron chi connectivity index (χ3n) is 6.60. The van der Waals surface area contributed by atoms with Crippen LogP contribution >= 0.6 is 0 Å². The zero-order valence-electron chi connectivity index (χ0n) is 18.7. The minimum atomic E-state index is -0.225. The highest BCUT2D eigenvalue weighted by molar-refractivity contribution is 5.84. The van der Waals surface area contributed by atoms with Crippen molar-refractivity contribution in [2.24, 2.45) is 0 Å². The van der Waals surface area contributed by atoms with Crippen LogP contribution < -0.4 is 10.6 Å². The Morgan fingerprint density at radius 3 is 1.94 bits per heavy atom. The second-order valence-corrected chi connectivity index (χ2v) is 8.80. The Morgan fingerprint density at radius 1 is 0.812 bits per heavy atom. The maximum absolute atomic E-state index is 12.7. The molecule has 2 aromatic rings. The fourth-order valence-electron chi connectivity index (χ4n) is 4.87. The van der Waals surface area contributed by atoms with Gasteiger partial charge in [0.2, 0.25) is 5.91 Å². The van der Waals surface area contributed by atoms with E-state index in [4.69, 9.17) is 0 Å². The van der Waals surface area contributed by atoms with Crippen molar-refractivity contribution in [1.29, 1.82) is 0 Å². The van der Waals surface area contributed by atoms with Gasteiger partial charge in [-0.15, -0.1) is 0 Å². The molecule has 2 aliphatic rings. The molecule has 3 amide bonds. The van der Waals surface area contributed by atoms with Gasteiger partial charge in [-0.05, 0) is 24.0 Å². The summed E-state index contributed by atoms with van der Waals surface area (Å²) >= 11 is 0. The lowest BCUT2D eigenvalue weighted by molar-refractivity contribution is -0.132. The number of hydrogen-bond donors (Lipinski definition) is 2. The summed E-state index contributed by atoms with van der Waals surface area (Å²) in [7, 11) is 0. The van der Waals surface area contributed by atoms with E-state index in [0.717, 1.165) is 25.9 Å². The molecule has 6 heteroatoms. The van der Waals surface area contributed by atoms with Crippen molar-refractivity contribution in [3.05, 3.63) is 71.8 Å². The summed E-state index contributed by atoms with van der Waals surface area (Å²) in [6.07, 6.45) is 5.66. The Kier molecular flexibility index (Phi) is 7.77. The average molecular weight is 435 g/mol. The van der Waals surface area contributed by atoms with Gasteiger partial charge in [0.1, 0.15) is 0 Å². The van der Waals surface area contributed by atoms with Gasteiger partial charge < -0.3 is 15.5 Å². The number of rotatable bonds is 6. The van der Waals surface area contributed by atoms with Crippen LogP contribution in [0.25, 0.3) is 0 Å². The van der Waals surface area contributed by atoms with Crippen molar-refractivity contribution < 1.29 is 9.59 Å². The van der Waals surface area contributed by atoms with Crippen molar-refractivity contribution in [1.82, 2.24) is 20.4 Å². The summed E-state index contributed by atoms with van der Waals surface area (Å²) < 4.78 is 0. The first kappa shape index (κ1) is 22.3. The number of carbonyl (C=O) groups is 2. The van der Waals surface area contributed by atoms with Gasteiger partial charge in [0.15, 0.2) is 0 Å². The molecule has 0 atom stereocenters. The molecule has 1 aliphatic heterocycles. The number of carbonyl (C=O) groups excluding carboxylic acids is 2. The predicted octanol–water partition coefficient (Wildman–Crippen LogP) is 3.55. The predicted molar refractivity (Wildman–Crippen MR) is 126 cm³/mol. The summed E-state index contributed by atoms with van der Waals surface area (Å²) in [5, 5.41) is 5.76. The topological polar surface area (TPSA) is 64.7 Å². The van der Waals surface area contributed by atoms with Crippen LogP contribution in [0.15, 0.2) is 60.7 Å². The van der Waals surface area contributed by atoms with Gasteiger partial charge in [0, 0.05) is 32.2 Å². The summed E-state index contributed by atoms with van der Waals surface area (Å²) in [4.78, 5) is 29.1. The van der Waals surface area contributed by atoms with Crippen LogP contribution in [0, 0.1) is 0 Å². The first-order valence-electron chi connectivity index (χ1n) is 11.9. The molecule has 1 saturated heterocycles. The molecule has 1 aliphatic carbocycles. The van der Waals surface area contributed by atoms with Crippen LogP contribution in [-0.4, -0.2) is 60.5 Å². The number of benzene rings is 2. The van der Waals surface area contributed by atoms with Gasteiger partial charge in [-0.3, -0.25) is 9.69 Å². The summed E-state index contributed by atoms with van der Waals surface area (Å²) in [5.74, 6) is -0.0144. The van der Waals surface area contributed by atoms with Crippen molar-refractivity contribution in [2.75, 3.05) is 32.7 Å². The lowest BCUT2D eigenvalue weighted by Gasteiger charge is -2.39. The number of nitrogens with zero attached hydrogens (tertiary/aromatic N) is 2. The lowest BCUT2D eigenvalue weighted by Crippen LogP contribution is -2.53. The van der Waals surface area contributed by atoms with Crippen molar-refractivity contribution in [2.45, 2.75) is 44.2 Å². The van der Waals surface area contributed by atoms with E-state index in [1.807, 2.05) is 17.0 Å². The first-order valence-corrected chi connectivity index (χ1v) is 11.9. The van der Waals surface area contributed by atoms with Gasteiger partial charge in [-0.25, -0.2) is 4.79 Å². The first-order chi connectivity index (χ1) is 15.7. The minimum Gasteiger partial charge on any atom is -0.339 e. The largest absolute Gasteiger partial charge is 0.339 e. The van der Waals surface area contributed by atoms with E-state index >= 15 is 0 Å². The highest BCUT2D eigenvalue weighted by Gasteiger charge is 2.28.